The van der Waals surface area contributed by atoms with Gasteiger partial charge in [-0.2, -0.15) is 0 Å². The summed E-state index contributed by atoms with van der Waals surface area (Å²) in [6.07, 6.45) is 2.02. The molecule has 0 saturated carbocycles. The van der Waals surface area contributed by atoms with Gasteiger partial charge in [-0.25, -0.2) is 0 Å². The molecule has 2 rings (SSSR count). The molecule has 0 aromatic heterocycles. The number of nitrogens with one attached hydrogen (secondary N) is 1. The lowest BCUT2D eigenvalue weighted by Crippen LogP contribution is -2.45. The van der Waals surface area contributed by atoms with Gasteiger partial charge in [0, 0.05) is 18.7 Å². The van der Waals surface area contributed by atoms with Crippen LogP contribution in [0.2, 0.25) is 0 Å². The molecule has 7 heteroatoms. The van der Waals surface area contributed by atoms with Gasteiger partial charge in [0.2, 0.25) is 0 Å². The minimum absolute atomic E-state index is 0.0675. The number of hydrogen-bond acceptors (Lipinski definition) is 5. The zero-order valence-corrected chi connectivity index (χ0v) is 12.2. The van der Waals surface area contributed by atoms with Crippen LogP contribution in [0, 0.1) is 16.0 Å². The standard InChI is InChI=1S/C14H20N4O3/c1-9-6-7-10(2)17(8-9)14(19)11-4-3-5-12(18(20)21)13(11)16-15/h3-5,9-10,16H,6-8,15H2,1-2H3. The Balaban J connectivity index is 2.39. The maximum absolute atomic E-state index is 12.7. The summed E-state index contributed by atoms with van der Waals surface area (Å²) in [5, 5.41) is 11.0. The number of nitrogen functional groups attached to an aromatic ring is 1. The molecule has 1 heterocycles. The molecule has 1 aromatic rings. The first-order chi connectivity index (χ1) is 9.95. The molecular weight excluding hydrogens is 272 g/mol. The summed E-state index contributed by atoms with van der Waals surface area (Å²) in [6, 6.07) is 4.52. The molecule has 21 heavy (non-hydrogen) atoms. The fraction of sp³-hybridized carbons (Fsp3) is 0.500. The second kappa shape index (κ2) is 6.09. The van der Waals surface area contributed by atoms with Crippen LogP contribution in [0.3, 0.4) is 0 Å². The summed E-state index contributed by atoms with van der Waals surface area (Å²) in [7, 11) is 0. The van der Waals surface area contributed by atoms with E-state index in [0.717, 1.165) is 12.8 Å². The van der Waals surface area contributed by atoms with Gasteiger partial charge < -0.3 is 10.3 Å². The highest BCUT2D eigenvalue weighted by Crippen LogP contribution is 2.30. The summed E-state index contributed by atoms with van der Waals surface area (Å²) in [5.74, 6) is 5.61. The van der Waals surface area contributed by atoms with Gasteiger partial charge in [-0.3, -0.25) is 20.8 Å². The predicted molar refractivity (Wildman–Crippen MR) is 79.8 cm³/mol. The molecule has 2 unspecified atom stereocenters. The van der Waals surface area contributed by atoms with Crippen LogP contribution >= 0.6 is 0 Å². The summed E-state index contributed by atoms with van der Waals surface area (Å²) in [4.78, 5) is 25.0. The molecule has 2 atom stereocenters. The number of anilines is 1. The SMILES string of the molecule is CC1CCC(C)N(C(=O)c2cccc([N+](=O)[O-])c2NN)C1. The second-order valence-corrected chi connectivity index (χ2v) is 5.59. The number of carbonyl (C=O) groups is 1. The molecule has 3 N–H and O–H groups in total. The first-order valence-electron chi connectivity index (χ1n) is 7.00. The van der Waals surface area contributed by atoms with Gasteiger partial charge in [0.1, 0.15) is 5.69 Å². The van der Waals surface area contributed by atoms with Gasteiger partial charge in [-0.15, -0.1) is 0 Å². The number of benzene rings is 1. The number of hydrogen-bond donors (Lipinski definition) is 2. The second-order valence-electron chi connectivity index (χ2n) is 5.59. The zero-order valence-electron chi connectivity index (χ0n) is 12.2. The molecule has 0 bridgehead atoms. The molecule has 1 fully saturated rings. The van der Waals surface area contributed by atoms with Crippen molar-refractivity contribution in [1.82, 2.24) is 4.90 Å². The number of rotatable bonds is 3. The topological polar surface area (TPSA) is 102 Å². The van der Waals surface area contributed by atoms with Crippen LogP contribution < -0.4 is 11.3 Å². The summed E-state index contributed by atoms with van der Waals surface area (Å²) >= 11 is 0. The Labute approximate surface area is 123 Å². The lowest BCUT2D eigenvalue weighted by atomic mass is 9.94. The van der Waals surface area contributed by atoms with Crippen molar-refractivity contribution in [3.05, 3.63) is 33.9 Å². The number of hydrazine groups is 1. The van der Waals surface area contributed by atoms with E-state index < -0.39 is 4.92 Å². The van der Waals surface area contributed by atoms with E-state index in [0.29, 0.717) is 12.5 Å². The molecule has 1 aromatic carbocycles. The van der Waals surface area contributed by atoms with E-state index in [1.165, 1.54) is 12.1 Å². The van der Waals surface area contributed by atoms with E-state index in [1.54, 1.807) is 11.0 Å². The smallest absolute Gasteiger partial charge is 0.294 e. The Hall–Kier alpha value is -2.15. The van der Waals surface area contributed by atoms with E-state index in [2.05, 4.69) is 12.3 Å². The number of piperidine rings is 1. The largest absolute Gasteiger partial charge is 0.336 e. The van der Waals surface area contributed by atoms with Crippen LogP contribution in [-0.4, -0.2) is 28.3 Å². The number of likely N-dealkylation sites (tertiary alicyclic amines) is 1. The van der Waals surface area contributed by atoms with Crippen molar-refractivity contribution in [2.45, 2.75) is 32.7 Å². The average Bonchev–Trinajstić information content (AvgIpc) is 2.48. The van der Waals surface area contributed by atoms with Crippen molar-refractivity contribution >= 4 is 17.3 Å². The molecule has 0 aliphatic carbocycles. The minimum Gasteiger partial charge on any atom is -0.336 e. The van der Waals surface area contributed by atoms with E-state index in [-0.39, 0.29) is 28.9 Å². The van der Waals surface area contributed by atoms with Gasteiger partial charge >= 0.3 is 0 Å². The highest BCUT2D eigenvalue weighted by molar-refractivity contribution is 6.01. The van der Waals surface area contributed by atoms with Crippen molar-refractivity contribution in [3.63, 3.8) is 0 Å². The number of nitrogens with zero attached hydrogens (tertiary/aromatic N) is 2. The molecule has 1 saturated heterocycles. The lowest BCUT2D eigenvalue weighted by Gasteiger charge is -2.37. The van der Waals surface area contributed by atoms with Crippen molar-refractivity contribution in [2.75, 3.05) is 12.0 Å². The molecule has 114 valence electrons. The molecule has 0 spiro atoms. The Morgan fingerprint density at radius 1 is 1.43 bits per heavy atom. The predicted octanol–water partition coefficient (Wildman–Crippen LogP) is 2.14. The van der Waals surface area contributed by atoms with Crippen molar-refractivity contribution < 1.29 is 9.72 Å². The third-order valence-corrected chi connectivity index (χ3v) is 3.99. The van der Waals surface area contributed by atoms with Crippen molar-refractivity contribution in [3.8, 4) is 0 Å². The monoisotopic (exact) mass is 292 g/mol. The molecule has 1 aliphatic rings. The van der Waals surface area contributed by atoms with E-state index in [9.17, 15) is 14.9 Å². The van der Waals surface area contributed by atoms with Crippen LogP contribution in [0.15, 0.2) is 18.2 Å². The third-order valence-electron chi connectivity index (χ3n) is 3.99. The Morgan fingerprint density at radius 2 is 2.14 bits per heavy atom. The molecule has 0 radical (unpaired) electrons. The average molecular weight is 292 g/mol. The first-order valence-corrected chi connectivity index (χ1v) is 7.00. The maximum Gasteiger partial charge on any atom is 0.294 e. The van der Waals surface area contributed by atoms with Gasteiger partial charge in [-0.05, 0) is 31.7 Å². The van der Waals surface area contributed by atoms with Gasteiger partial charge in [0.05, 0.1) is 10.5 Å². The molecular formula is C14H20N4O3. The van der Waals surface area contributed by atoms with E-state index >= 15 is 0 Å². The maximum atomic E-state index is 12.7. The van der Waals surface area contributed by atoms with Gasteiger partial charge in [0.25, 0.3) is 11.6 Å². The molecule has 1 aliphatic heterocycles. The molecule has 1 amide bonds. The van der Waals surface area contributed by atoms with Crippen LogP contribution in [-0.2, 0) is 0 Å². The van der Waals surface area contributed by atoms with Crippen LogP contribution in [0.5, 0.6) is 0 Å². The highest BCUT2D eigenvalue weighted by atomic mass is 16.6. The first kappa shape index (κ1) is 15.2. The Bertz CT molecular complexity index is 561. The third kappa shape index (κ3) is 2.97. The zero-order chi connectivity index (χ0) is 15.6. The molecule has 7 nitrogen and oxygen atoms in total. The van der Waals surface area contributed by atoms with Crippen molar-refractivity contribution in [2.24, 2.45) is 11.8 Å². The van der Waals surface area contributed by atoms with Gasteiger partial charge in [0.15, 0.2) is 0 Å². The van der Waals surface area contributed by atoms with Gasteiger partial charge in [-0.1, -0.05) is 13.0 Å². The summed E-state index contributed by atoms with van der Waals surface area (Å²) < 4.78 is 0. The number of nitrogens with two attached hydrogens (primary N) is 1. The normalized spacial score (nSPS) is 22.0. The number of amides is 1. The highest BCUT2D eigenvalue weighted by Gasteiger charge is 2.30. The van der Waals surface area contributed by atoms with Crippen LogP contribution in [0.25, 0.3) is 0 Å². The Kier molecular flexibility index (Phi) is 4.42. The van der Waals surface area contributed by atoms with Crippen LogP contribution in [0.1, 0.15) is 37.0 Å². The lowest BCUT2D eigenvalue weighted by molar-refractivity contribution is -0.384. The van der Waals surface area contributed by atoms with E-state index in [1.807, 2.05) is 6.92 Å². The quantitative estimate of drug-likeness (QED) is 0.505. The Morgan fingerprint density at radius 3 is 2.76 bits per heavy atom. The van der Waals surface area contributed by atoms with Crippen LogP contribution in [0.4, 0.5) is 11.4 Å². The van der Waals surface area contributed by atoms with Crippen molar-refractivity contribution in [1.29, 1.82) is 0 Å². The summed E-state index contributed by atoms with van der Waals surface area (Å²) in [6.45, 7) is 4.76. The number of para-hydroxylation sites is 1. The summed E-state index contributed by atoms with van der Waals surface area (Å²) in [5.41, 5.74) is 2.42. The van der Waals surface area contributed by atoms with E-state index in [4.69, 9.17) is 5.84 Å². The number of nitro benzene ring substituents is 1. The fourth-order valence-electron chi connectivity index (χ4n) is 2.75. The number of nitro groups is 1. The number of carbonyl (C=O) groups excluding carboxylic acids is 1. The fourth-order valence-corrected chi connectivity index (χ4v) is 2.75. The minimum atomic E-state index is -0.547.